The lowest BCUT2D eigenvalue weighted by molar-refractivity contribution is -0.124. The number of aromatic hydroxyl groups is 1. The van der Waals surface area contributed by atoms with Crippen LogP contribution in [0.5, 0.6) is 11.5 Å². The Balaban J connectivity index is 2.74. The molecule has 18 heavy (non-hydrogen) atoms. The van der Waals surface area contributed by atoms with E-state index in [1.54, 1.807) is 19.1 Å². The summed E-state index contributed by atoms with van der Waals surface area (Å²) in [5.41, 5.74) is 5.47. The van der Waals surface area contributed by atoms with Gasteiger partial charge in [0, 0.05) is 6.54 Å². The Bertz CT molecular complexity index is 434. The van der Waals surface area contributed by atoms with Crippen molar-refractivity contribution in [2.45, 2.75) is 32.4 Å². The largest absolute Gasteiger partial charge is 0.504 e. The molecule has 1 amide bonds. The first-order valence-corrected chi connectivity index (χ1v) is 5.83. The maximum Gasteiger partial charge on any atom is 0.237 e. The van der Waals surface area contributed by atoms with Gasteiger partial charge in [0.25, 0.3) is 0 Å². The van der Waals surface area contributed by atoms with Crippen molar-refractivity contribution in [1.29, 1.82) is 0 Å². The van der Waals surface area contributed by atoms with Crippen molar-refractivity contribution in [1.82, 2.24) is 5.32 Å². The molecule has 0 saturated carbocycles. The summed E-state index contributed by atoms with van der Waals surface area (Å²) in [7, 11) is 1.49. The van der Waals surface area contributed by atoms with Crippen LogP contribution in [0.2, 0.25) is 0 Å². The summed E-state index contributed by atoms with van der Waals surface area (Å²) >= 11 is 0. The first-order chi connectivity index (χ1) is 8.42. The van der Waals surface area contributed by atoms with Crippen LogP contribution in [0.25, 0.3) is 0 Å². The van der Waals surface area contributed by atoms with Gasteiger partial charge in [-0.1, -0.05) is 13.0 Å². The van der Waals surface area contributed by atoms with Crippen molar-refractivity contribution in [3.63, 3.8) is 0 Å². The number of phenolic OH excluding ortho intramolecular Hbond substituents is 1. The second kappa shape index (κ2) is 5.73. The van der Waals surface area contributed by atoms with Crippen molar-refractivity contribution in [3.8, 4) is 11.5 Å². The van der Waals surface area contributed by atoms with E-state index in [0.29, 0.717) is 18.7 Å². The highest BCUT2D eigenvalue weighted by Crippen LogP contribution is 2.26. The summed E-state index contributed by atoms with van der Waals surface area (Å²) in [6, 6.07) is 5.10. The molecule has 0 bridgehead atoms. The minimum Gasteiger partial charge on any atom is -0.504 e. The van der Waals surface area contributed by atoms with Crippen LogP contribution >= 0.6 is 0 Å². The van der Waals surface area contributed by atoms with Crippen LogP contribution in [-0.2, 0) is 11.3 Å². The molecule has 0 fully saturated rings. The first-order valence-electron chi connectivity index (χ1n) is 5.83. The van der Waals surface area contributed by atoms with Crippen molar-refractivity contribution in [2.75, 3.05) is 7.11 Å². The lowest BCUT2D eigenvalue weighted by atomic mass is 9.97. The van der Waals surface area contributed by atoms with Crippen molar-refractivity contribution in [2.24, 2.45) is 5.73 Å². The van der Waals surface area contributed by atoms with Crippen molar-refractivity contribution >= 4 is 5.91 Å². The van der Waals surface area contributed by atoms with E-state index in [9.17, 15) is 9.90 Å². The number of carbonyl (C=O) groups is 1. The third-order valence-corrected chi connectivity index (χ3v) is 3.18. The van der Waals surface area contributed by atoms with E-state index in [1.165, 1.54) is 7.11 Å². The molecule has 0 aliphatic carbocycles. The van der Waals surface area contributed by atoms with E-state index in [0.717, 1.165) is 5.56 Å². The Hall–Kier alpha value is -1.75. The summed E-state index contributed by atoms with van der Waals surface area (Å²) in [4.78, 5) is 11.3. The maximum absolute atomic E-state index is 11.3. The van der Waals surface area contributed by atoms with E-state index < -0.39 is 5.54 Å². The van der Waals surface area contributed by atoms with Gasteiger partial charge in [0.2, 0.25) is 5.91 Å². The molecule has 1 rings (SSSR count). The molecule has 0 aliphatic heterocycles. The molecular weight excluding hydrogens is 232 g/mol. The number of benzene rings is 1. The van der Waals surface area contributed by atoms with Gasteiger partial charge in [0.05, 0.1) is 12.6 Å². The standard InChI is InChI=1S/C13H20N2O3/c1-4-13(2,12(14)17)15-8-9-5-6-11(18-3)10(16)7-9/h5-7,15-16H,4,8H2,1-3H3,(H2,14,17). The Morgan fingerprint density at radius 2 is 2.22 bits per heavy atom. The molecular formula is C13H20N2O3. The number of methoxy groups -OCH3 is 1. The number of hydrogen-bond donors (Lipinski definition) is 3. The highest BCUT2D eigenvalue weighted by Gasteiger charge is 2.27. The zero-order chi connectivity index (χ0) is 13.8. The van der Waals surface area contributed by atoms with Crippen LogP contribution in [0.1, 0.15) is 25.8 Å². The predicted molar refractivity (Wildman–Crippen MR) is 69.4 cm³/mol. The molecule has 1 atom stereocenters. The van der Waals surface area contributed by atoms with Crippen LogP contribution in [0.15, 0.2) is 18.2 Å². The van der Waals surface area contributed by atoms with E-state index >= 15 is 0 Å². The van der Waals surface area contributed by atoms with Gasteiger partial charge >= 0.3 is 0 Å². The van der Waals surface area contributed by atoms with Gasteiger partial charge in [-0.25, -0.2) is 0 Å². The summed E-state index contributed by atoms with van der Waals surface area (Å²) in [6.07, 6.45) is 0.602. The fourth-order valence-electron chi connectivity index (χ4n) is 1.53. The van der Waals surface area contributed by atoms with Crippen LogP contribution in [0.3, 0.4) is 0 Å². The third-order valence-electron chi connectivity index (χ3n) is 3.18. The summed E-state index contributed by atoms with van der Waals surface area (Å²) in [5, 5.41) is 12.7. The number of amides is 1. The number of primary amides is 1. The average molecular weight is 252 g/mol. The normalized spacial score (nSPS) is 13.9. The minimum absolute atomic E-state index is 0.0778. The predicted octanol–water partition coefficient (Wildman–Crippen LogP) is 1.14. The molecule has 0 aromatic heterocycles. The van der Waals surface area contributed by atoms with Gasteiger partial charge in [-0.05, 0) is 31.0 Å². The van der Waals surface area contributed by atoms with Gasteiger partial charge in [-0.2, -0.15) is 0 Å². The lowest BCUT2D eigenvalue weighted by Crippen LogP contribution is -2.52. The molecule has 0 spiro atoms. The van der Waals surface area contributed by atoms with Crippen LogP contribution in [-0.4, -0.2) is 23.7 Å². The van der Waals surface area contributed by atoms with Crippen molar-refractivity contribution < 1.29 is 14.6 Å². The summed E-state index contributed by atoms with van der Waals surface area (Å²) in [5.74, 6) is 0.115. The molecule has 4 N–H and O–H groups in total. The van der Waals surface area contributed by atoms with Crippen molar-refractivity contribution in [3.05, 3.63) is 23.8 Å². The van der Waals surface area contributed by atoms with Gasteiger partial charge in [0.1, 0.15) is 0 Å². The number of phenols is 1. The molecule has 5 nitrogen and oxygen atoms in total. The topological polar surface area (TPSA) is 84.6 Å². The van der Waals surface area contributed by atoms with Gasteiger partial charge in [-0.3, -0.25) is 10.1 Å². The minimum atomic E-state index is -0.741. The molecule has 0 radical (unpaired) electrons. The number of rotatable bonds is 6. The Labute approximate surface area is 107 Å². The highest BCUT2D eigenvalue weighted by atomic mass is 16.5. The van der Waals surface area contributed by atoms with Crippen LogP contribution < -0.4 is 15.8 Å². The molecule has 0 saturated heterocycles. The Morgan fingerprint density at radius 1 is 1.56 bits per heavy atom. The molecule has 1 unspecified atom stereocenters. The second-order valence-corrected chi connectivity index (χ2v) is 4.41. The van der Waals surface area contributed by atoms with Gasteiger partial charge < -0.3 is 15.6 Å². The Kier molecular flexibility index (Phi) is 4.55. The highest BCUT2D eigenvalue weighted by molar-refractivity contribution is 5.84. The second-order valence-electron chi connectivity index (χ2n) is 4.41. The number of nitrogens with one attached hydrogen (secondary N) is 1. The van der Waals surface area contributed by atoms with Crippen LogP contribution in [0, 0.1) is 0 Å². The van der Waals surface area contributed by atoms with Gasteiger partial charge in [-0.15, -0.1) is 0 Å². The number of hydrogen-bond acceptors (Lipinski definition) is 4. The fourth-order valence-corrected chi connectivity index (χ4v) is 1.53. The lowest BCUT2D eigenvalue weighted by Gasteiger charge is -2.26. The fraction of sp³-hybridized carbons (Fsp3) is 0.462. The zero-order valence-electron chi connectivity index (χ0n) is 11.0. The molecule has 1 aromatic carbocycles. The average Bonchev–Trinajstić information content (AvgIpc) is 2.35. The Morgan fingerprint density at radius 3 is 2.67 bits per heavy atom. The van der Waals surface area contributed by atoms with E-state index in [4.69, 9.17) is 10.5 Å². The van der Waals surface area contributed by atoms with E-state index in [1.807, 2.05) is 13.0 Å². The molecule has 100 valence electrons. The molecule has 1 aromatic rings. The maximum atomic E-state index is 11.3. The van der Waals surface area contributed by atoms with Crippen LogP contribution in [0.4, 0.5) is 0 Å². The van der Waals surface area contributed by atoms with E-state index in [2.05, 4.69) is 5.32 Å². The van der Waals surface area contributed by atoms with E-state index in [-0.39, 0.29) is 11.7 Å². The first kappa shape index (κ1) is 14.3. The van der Waals surface area contributed by atoms with Gasteiger partial charge in [0.15, 0.2) is 11.5 Å². The molecule has 0 heterocycles. The smallest absolute Gasteiger partial charge is 0.237 e. The summed E-state index contributed by atoms with van der Waals surface area (Å²) in [6.45, 7) is 4.10. The molecule has 0 aliphatic rings. The number of nitrogens with two attached hydrogens (primary N) is 1. The zero-order valence-corrected chi connectivity index (χ0v) is 11.0. The monoisotopic (exact) mass is 252 g/mol. The number of ether oxygens (including phenoxy) is 1. The third kappa shape index (κ3) is 3.13. The molecule has 5 heteroatoms. The number of carbonyl (C=O) groups excluding carboxylic acids is 1. The quantitative estimate of drug-likeness (QED) is 0.709. The SMILES string of the molecule is CCC(C)(NCc1ccc(OC)c(O)c1)C(N)=O. The summed E-state index contributed by atoms with van der Waals surface area (Å²) < 4.78 is 4.96.